The van der Waals surface area contributed by atoms with Gasteiger partial charge in [-0.2, -0.15) is 0 Å². The van der Waals surface area contributed by atoms with Gasteiger partial charge >= 0.3 is 0 Å². The van der Waals surface area contributed by atoms with Gasteiger partial charge in [0.1, 0.15) is 11.5 Å². The maximum absolute atomic E-state index is 5.88. The first kappa shape index (κ1) is 12.3. The average molecular weight is 305 g/mol. The van der Waals surface area contributed by atoms with E-state index in [9.17, 15) is 0 Å². The average Bonchev–Trinajstić information content (AvgIpc) is 2.96. The van der Waals surface area contributed by atoms with Gasteiger partial charge in [0, 0.05) is 10.9 Å². The Bertz CT molecular complexity index is 753. The molecule has 0 unspecified atom stereocenters. The van der Waals surface area contributed by atoms with Crippen molar-refractivity contribution in [3.05, 3.63) is 34.1 Å². The van der Waals surface area contributed by atoms with Gasteiger partial charge in [0.2, 0.25) is 0 Å². The van der Waals surface area contributed by atoms with Crippen molar-refractivity contribution in [2.75, 3.05) is 0 Å². The molecule has 3 aromatic rings. The highest BCUT2D eigenvalue weighted by molar-refractivity contribution is 7.15. The zero-order valence-corrected chi connectivity index (χ0v) is 12.4. The van der Waals surface area contributed by atoms with Gasteiger partial charge in [-0.1, -0.05) is 18.0 Å². The van der Waals surface area contributed by atoms with Crippen LogP contribution in [0.25, 0.3) is 16.3 Å². The van der Waals surface area contributed by atoms with Crippen LogP contribution in [0.15, 0.2) is 18.5 Å². The zero-order valence-electron chi connectivity index (χ0n) is 10.8. The summed E-state index contributed by atoms with van der Waals surface area (Å²) in [6, 6.07) is 4.01. The number of halogens is 1. The molecule has 0 bridgehead atoms. The standard InChI is InChI=1S/C14H13ClN4S/c15-12-7-13-17-18-14(19(13)8-16-12)11-6-9-4-2-1-3-5-10(9)20-11/h6-8H,1-5H2. The van der Waals surface area contributed by atoms with Gasteiger partial charge in [0.15, 0.2) is 11.5 Å². The van der Waals surface area contributed by atoms with Gasteiger partial charge in [0.05, 0.1) is 4.88 Å². The highest BCUT2D eigenvalue weighted by Gasteiger charge is 2.16. The minimum atomic E-state index is 0.443. The van der Waals surface area contributed by atoms with Crippen LogP contribution >= 0.6 is 22.9 Å². The monoisotopic (exact) mass is 304 g/mol. The largest absolute Gasteiger partial charge is 0.264 e. The van der Waals surface area contributed by atoms with E-state index in [2.05, 4.69) is 21.2 Å². The molecule has 1 aliphatic carbocycles. The van der Waals surface area contributed by atoms with Crippen molar-refractivity contribution >= 4 is 28.6 Å². The lowest BCUT2D eigenvalue weighted by atomic mass is 10.1. The molecule has 102 valence electrons. The number of hydrogen-bond acceptors (Lipinski definition) is 4. The number of fused-ring (bicyclic) bond motifs is 2. The van der Waals surface area contributed by atoms with E-state index < -0.39 is 0 Å². The van der Waals surface area contributed by atoms with Gasteiger partial charge in [-0.25, -0.2) is 4.98 Å². The van der Waals surface area contributed by atoms with Crippen LogP contribution in [-0.4, -0.2) is 19.6 Å². The molecule has 6 heteroatoms. The first-order valence-corrected chi connectivity index (χ1v) is 7.99. The van der Waals surface area contributed by atoms with E-state index in [0.29, 0.717) is 5.15 Å². The van der Waals surface area contributed by atoms with Crippen molar-refractivity contribution < 1.29 is 0 Å². The molecule has 0 saturated carbocycles. The van der Waals surface area contributed by atoms with E-state index in [1.807, 2.05) is 15.7 Å². The predicted octanol–water partition coefficient (Wildman–Crippen LogP) is 3.78. The molecule has 4 nitrogen and oxygen atoms in total. The molecule has 0 amide bonds. The fourth-order valence-corrected chi connectivity index (χ4v) is 4.09. The first-order chi connectivity index (χ1) is 9.81. The molecule has 1 aliphatic rings. The molecule has 0 fully saturated rings. The summed E-state index contributed by atoms with van der Waals surface area (Å²) in [4.78, 5) is 6.80. The number of rotatable bonds is 1. The Hall–Kier alpha value is -1.46. The van der Waals surface area contributed by atoms with E-state index in [4.69, 9.17) is 11.6 Å². The van der Waals surface area contributed by atoms with E-state index >= 15 is 0 Å². The van der Waals surface area contributed by atoms with E-state index in [0.717, 1.165) is 11.5 Å². The zero-order chi connectivity index (χ0) is 13.5. The molecule has 3 heterocycles. The molecule has 20 heavy (non-hydrogen) atoms. The fourth-order valence-electron chi connectivity index (χ4n) is 2.72. The number of hydrogen-bond donors (Lipinski definition) is 0. The summed E-state index contributed by atoms with van der Waals surface area (Å²) in [5, 5.41) is 8.92. The Kier molecular flexibility index (Phi) is 2.97. The Balaban J connectivity index is 1.83. The molecular formula is C14H13ClN4S. The van der Waals surface area contributed by atoms with Gasteiger partial charge in [-0.15, -0.1) is 21.5 Å². The summed E-state index contributed by atoms with van der Waals surface area (Å²) in [5.41, 5.74) is 2.23. The number of aryl methyl sites for hydroxylation is 2. The Morgan fingerprint density at radius 1 is 1.10 bits per heavy atom. The molecule has 0 spiro atoms. The van der Waals surface area contributed by atoms with Gasteiger partial charge in [0.25, 0.3) is 0 Å². The second kappa shape index (κ2) is 4.82. The maximum atomic E-state index is 5.88. The SMILES string of the molecule is Clc1cc2nnc(-c3cc4c(s3)CCCCC4)n2cn1. The Morgan fingerprint density at radius 2 is 2.00 bits per heavy atom. The van der Waals surface area contributed by atoms with Gasteiger partial charge in [-0.05, 0) is 37.3 Å². The lowest BCUT2D eigenvalue weighted by molar-refractivity contribution is 0.712. The van der Waals surface area contributed by atoms with Crippen LogP contribution < -0.4 is 0 Å². The Morgan fingerprint density at radius 3 is 2.95 bits per heavy atom. The van der Waals surface area contributed by atoms with Crippen molar-refractivity contribution in [2.24, 2.45) is 0 Å². The maximum Gasteiger partial charge on any atom is 0.179 e. The molecular weight excluding hydrogens is 292 g/mol. The second-order valence-corrected chi connectivity index (χ2v) is 6.61. The summed E-state index contributed by atoms with van der Waals surface area (Å²) in [7, 11) is 0. The third-order valence-electron chi connectivity index (χ3n) is 3.73. The second-order valence-electron chi connectivity index (χ2n) is 5.08. The molecule has 4 rings (SSSR count). The quantitative estimate of drug-likeness (QED) is 0.507. The van der Waals surface area contributed by atoms with E-state index in [-0.39, 0.29) is 0 Å². The highest BCUT2D eigenvalue weighted by atomic mass is 35.5. The topological polar surface area (TPSA) is 43.1 Å². The number of thiophene rings is 1. The summed E-state index contributed by atoms with van der Waals surface area (Å²) >= 11 is 7.73. The fraction of sp³-hybridized carbons (Fsp3) is 0.357. The lowest BCUT2D eigenvalue weighted by Crippen LogP contribution is -1.89. The van der Waals surface area contributed by atoms with Crippen molar-refractivity contribution in [2.45, 2.75) is 32.1 Å². The smallest absolute Gasteiger partial charge is 0.179 e. The van der Waals surface area contributed by atoms with Crippen LogP contribution in [0.4, 0.5) is 0 Å². The van der Waals surface area contributed by atoms with Crippen molar-refractivity contribution in [3.8, 4) is 10.7 Å². The summed E-state index contributed by atoms with van der Waals surface area (Å²) < 4.78 is 1.90. The molecule has 0 saturated heterocycles. The van der Waals surface area contributed by atoms with Crippen LogP contribution in [0, 0.1) is 0 Å². The Labute approximate surface area is 125 Å². The molecule has 0 atom stereocenters. The highest BCUT2D eigenvalue weighted by Crippen LogP contribution is 2.34. The molecule has 0 N–H and O–H groups in total. The van der Waals surface area contributed by atoms with Crippen molar-refractivity contribution in [1.29, 1.82) is 0 Å². The van der Waals surface area contributed by atoms with E-state index in [1.54, 1.807) is 12.4 Å². The normalized spacial score (nSPS) is 15.2. The van der Waals surface area contributed by atoms with Gasteiger partial charge < -0.3 is 0 Å². The number of nitrogens with zero attached hydrogens (tertiary/aromatic N) is 4. The first-order valence-electron chi connectivity index (χ1n) is 6.79. The molecule has 0 radical (unpaired) electrons. The molecule has 0 aliphatic heterocycles. The summed E-state index contributed by atoms with van der Waals surface area (Å²) in [6.07, 6.45) is 8.00. The van der Waals surface area contributed by atoms with Crippen molar-refractivity contribution in [1.82, 2.24) is 19.6 Å². The molecule has 0 aromatic carbocycles. The van der Waals surface area contributed by atoms with Crippen LogP contribution in [-0.2, 0) is 12.8 Å². The van der Waals surface area contributed by atoms with E-state index in [1.165, 1.54) is 47.4 Å². The minimum Gasteiger partial charge on any atom is -0.264 e. The van der Waals surface area contributed by atoms with Crippen LogP contribution in [0.3, 0.4) is 0 Å². The van der Waals surface area contributed by atoms with Gasteiger partial charge in [-0.3, -0.25) is 4.40 Å². The summed E-state index contributed by atoms with van der Waals surface area (Å²) in [6.45, 7) is 0. The number of aromatic nitrogens is 4. The third kappa shape index (κ3) is 2.01. The summed E-state index contributed by atoms with van der Waals surface area (Å²) in [5.74, 6) is 0.863. The molecule has 3 aromatic heterocycles. The minimum absolute atomic E-state index is 0.443. The van der Waals surface area contributed by atoms with Crippen molar-refractivity contribution in [3.63, 3.8) is 0 Å². The van der Waals surface area contributed by atoms with Crippen LogP contribution in [0.1, 0.15) is 29.7 Å². The predicted molar refractivity (Wildman–Crippen MR) is 80.4 cm³/mol. The lowest BCUT2D eigenvalue weighted by Gasteiger charge is -1.96. The van der Waals surface area contributed by atoms with Crippen LogP contribution in [0.2, 0.25) is 5.15 Å². The third-order valence-corrected chi connectivity index (χ3v) is 5.17. The van der Waals surface area contributed by atoms with Crippen LogP contribution in [0.5, 0.6) is 0 Å².